The number of pyridine rings is 1. The number of methoxy groups -OCH3 is 1. The Morgan fingerprint density at radius 1 is 1.30 bits per heavy atom. The molecule has 0 aliphatic heterocycles. The zero-order chi connectivity index (χ0) is 14.6. The summed E-state index contributed by atoms with van der Waals surface area (Å²) in [7, 11) is 1.79. The lowest BCUT2D eigenvalue weighted by molar-refractivity contribution is -0.0292. The average molecular weight is 272 g/mol. The van der Waals surface area contributed by atoms with Gasteiger partial charge in [-0.25, -0.2) is 0 Å². The first-order valence-corrected chi connectivity index (χ1v) is 7.27. The quantitative estimate of drug-likeness (QED) is 0.870. The Morgan fingerprint density at radius 3 is 2.75 bits per heavy atom. The van der Waals surface area contributed by atoms with E-state index in [-0.39, 0.29) is 11.6 Å². The number of aromatic nitrogens is 1. The van der Waals surface area contributed by atoms with Crippen LogP contribution in [0.2, 0.25) is 0 Å². The number of nitrogens with zero attached hydrogens (tertiary/aromatic N) is 1. The van der Waals surface area contributed by atoms with Gasteiger partial charge in [0.15, 0.2) is 0 Å². The predicted octanol–water partition coefficient (Wildman–Crippen LogP) is 3.70. The van der Waals surface area contributed by atoms with Crippen molar-refractivity contribution in [2.75, 3.05) is 13.7 Å². The van der Waals surface area contributed by atoms with Crippen molar-refractivity contribution < 1.29 is 4.74 Å². The second-order valence-corrected chi connectivity index (χ2v) is 5.31. The van der Waals surface area contributed by atoms with Crippen molar-refractivity contribution in [2.45, 2.75) is 38.8 Å². The van der Waals surface area contributed by atoms with E-state index in [0.29, 0.717) is 0 Å². The van der Waals surface area contributed by atoms with Gasteiger partial charge in [-0.05, 0) is 36.9 Å². The molecule has 1 aromatic heterocycles. The Hall–Kier alpha value is -1.45. The Morgan fingerprint density at radius 2 is 2.10 bits per heavy atom. The summed E-state index contributed by atoms with van der Waals surface area (Å²) < 4.78 is 5.83. The zero-order valence-electron chi connectivity index (χ0n) is 12.8. The molecule has 0 radical (unpaired) electrons. The fraction of sp³-hybridized carbons (Fsp3) is 0.471. The van der Waals surface area contributed by atoms with Crippen LogP contribution in [-0.2, 0) is 4.74 Å². The van der Waals surface area contributed by atoms with Crippen molar-refractivity contribution >= 4 is 10.8 Å². The number of ether oxygens (including phenoxy) is 1. The number of hydrogen-bond donors (Lipinski definition) is 1. The molecule has 0 fully saturated rings. The number of benzene rings is 1. The molecule has 108 valence electrons. The monoisotopic (exact) mass is 272 g/mol. The van der Waals surface area contributed by atoms with Gasteiger partial charge < -0.3 is 10.1 Å². The van der Waals surface area contributed by atoms with Gasteiger partial charge in [-0.15, -0.1) is 0 Å². The van der Waals surface area contributed by atoms with Crippen LogP contribution in [0, 0.1) is 0 Å². The molecule has 0 amide bonds. The molecule has 0 spiro atoms. The van der Waals surface area contributed by atoms with Crippen molar-refractivity contribution in [2.24, 2.45) is 0 Å². The topological polar surface area (TPSA) is 34.2 Å². The highest BCUT2D eigenvalue weighted by molar-refractivity contribution is 5.85. The smallest absolute Gasteiger partial charge is 0.0842 e. The Labute approximate surface area is 121 Å². The number of fused-ring (bicyclic) bond motifs is 1. The first-order chi connectivity index (χ1) is 9.66. The van der Waals surface area contributed by atoms with E-state index < -0.39 is 0 Å². The molecule has 0 saturated heterocycles. The molecular weight excluding hydrogens is 248 g/mol. The maximum atomic E-state index is 5.83. The largest absolute Gasteiger partial charge is 0.377 e. The molecular formula is C17H24N2O. The van der Waals surface area contributed by atoms with Gasteiger partial charge in [0.25, 0.3) is 0 Å². The second-order valence-electron chi connectivity index (χ2n) is 5.31. The van der Waals surface area contributed by atoms with E-state index in [0.717, 1.165) is 13.0 Å². The highest BCUT2D eigenvalue weighted by atomic mass is 16.5. The van der Waals surface area contributed by atoms with E-state index in [1.54, 1.807) is 7.11 Å². The summed E-state index contributed by atoms with van der Waals surface area (Å²) in [4.78, 5) is 4.21. The van der Waals surface area contributed by atoms with Gasteiger partial charge in [-0.1, -0.05) is 32.0 Å². The number of rotatable bonds is 6. The standard InChI is InChI=1S/C17H24N2O/c1-5-17(3,20-4)16(19-6-2)15-9-7-8-13-12-18-11-10-14(13)15/h7-12,16,19H,5-6H2,1-4H3. The van der Waals surface area contributed by atoms with Crippen molar-refractivity contribution in [3.05, 3.63) is 42.2 Å². The van der Waals surface area contributed by atoms with Gasteiger partial charge in [0.1, 0.15) is 0 Å². The van der Waals surface area contributed by atoms with Crippen LogP contribution in [0.5, 0.6) is 0 Å². The third kappa shape index (κ3) is 2.69. The van der Waals surface area contributed by atoms with E-state index in [1.165, 1.54) is 16.3 Å². The van der Waals surface area contributed by atoms with Crippen LogP contribution >= 0.6 is 0 Å². The van der Waals surface area contributed by atoms with Crippen molar-refractivity contribution in [1.29, 1.82) is 0 Å². The van der Waals surface area contributed by atoms with E-state index in [1.807, 2.05) is 12.4 Å². The normalized spacial score (nSPS) is 16.0. The van der Waals surface area contributed by atoms with Crippen LogP contribution in [0.4, 0.5) is 0 Å². The summed E-state index contributed by atoms with van der Waals surface area (Å²) in [5.41, 5.74) is 1.05. The summed E-state index contributed by atoms with van der Waals surface area (Å²) in [5, 5.41) is 6.00. The summed E-state index contributed by atoms with van der Waals surface area (Å²) >= 11 is 0. The van der Waals surface area contributed by atoms with Crippen molar-refractivity contribution in [3.8, 4) is 0 Å². The first-order valence-electron chi connectivity index (χ1n) is 7.27. The third-order valence-electron chi connectivity index (χ3n) is 4.21. The Kier molecular flexibility index (Phi) is 4.73. The molecule has 1 aromatic carbocycles. The highest BCUT2D eigenvalue weighted by Gasteiger charge is 2.34. The lowest BCUT2D eigenvalue weighted by Crippen LogP contribution is -2.42. The number of likely N-dealkylation sites (N-methyl/N-ethyl adjacent to an activating group) is 1. The molecule has 0 saturated carbocycles. The molecule has 3 heteroatoms. The summed E-state index contributed by atoms with van der Waals surface area (Å²) in [6.45, 7) is 7.37. The molecule has 1 N–H and O–H groups in total. The van der Waals surface area contributed by atoms with E-state index in [4.69, 9.17) is 4.74 Å². The minimum atomic E-state index is -0.229. The molecule has 2 aromatic rings. The minimum Gasteiger partial charge on any atom is -0.377 e. The molecule has 2 unspecified atom stereocenters. The van der Waals surface area contributed by atoms with Gasteiger partial charge in [0.2, 0.25) is 0 Å². The lowest BCUT2D eigenvalue weighted by Gasteiger charge is -2.37. The van der Waals surface area contributed by atoms with Gasteiger partial charge in [-0.2, -0.15) is 0 Å². The van der Waals surface area contributed by atoms with Crippen LogP contribution in [0.15, 0.2) is 36.7 Å². The summed E-state index contributed by atoms with van der Waals surface area (Å²) in [5.74, 6) is 0. The lowest BCUT2D eigenvalue weighted by atomic mass is 9.85. The molecule has 20 heavy (non-hydrogen) atoms. The van der Waals surface area contributed by atoms with E-state index in [2.05, 4.69) is 55.3 Å². The molecule has 0 aliphatic carbocycles. The highest BCUT2D eigenvalue weighted by Crippen LogP contribution is 2.35. The molecule has 2 atom stereocenters. The predicted molar refractivity (Wildman–Crippen MR) is 83.9 cm³/mol. The van der Waals surface area contributed by atoms with Crippen LogP contribution in [0.3, 0.4) is 0 Å². The first kappa shape index (κ1) is 14.9. The fourth-order valence-electron chi connectivity index (χ4n) is 2.72. The third-order valence-corrected chi connectivity index (χ3v) is 4.21. The molecule has 0 bridgehead atoms. The summed E-state index contributed by atoms with van der Waals surface area (Å²) in [6, 6.07) is 8.62. The SMILES string of the molecule is CCNC(c1cccc2cnccc12)C(C)(CC)OC. The number of hydrogen-bond acceptors (Lipinski definition) is 3. The maximum Gasteiger partial charge on any atom is 0.0842 e. The average Bonchev–Trinajstić information content (AvgIpc) is 2.51. The van der Waals surface area contributed by atoms with Gasteiger partial charge in [0.05, 0.1) is 11.6 Å². The maximum absolute atomic E-state index is 5.83. The Balaban J connectivity index is 2.57. The van der Waals surface area contributed by atoms with E-state index >= 15 is 0 Å². The Bertz CT molecular complexity index is 558. The zero-order valence-corrected chi connectivity index (χ0v) is 12.8. The van der Waals surface area contributed by atoms with Gasteiger partial charge >= 0.3 is 0 Å². The van der Waals surface area contributed by atoms with Crippen molar-refractivity contribution in [1.82, 2.24) is 10.3 Å². The molecule has 2 rings (SSSR count). The minimum absolute atomic E-state index is 0.161. The van der Waals surface area contributed by atoms with Gasteiger partial charge in [-0.3, -0.25) is 4.98 Å². The van der Waals surface area contributed by atoms with Gasteiger partial charge in [0, 0.05) is 24.9 Å². The molecule has 1 heterocycles. The van der Waals surface area contributed by atoms with Crippen molar-refractivity contribution in [3.63, 3.8) is 0 Å². The van der Waals surface area contributed by atoms with Crippen LogP contribution in [0.1, 0.15) is 38.8 Å². The summed E-state index contributed by atoms with van der Waals surface area (Å²) in [6.07, 6.45) is 4.71. The van der Waals surface area contributed by atoms with Crippen LogP contribution in [0.25, 0.3) is 10.8 Å². The van der Waals surface area contributed by atoms with Crippen LogP contribution in [-0.4, -0.2) is 24.2 Å². The van der Waals surface area contributed by atoms with Crippen LogP contribution < -0.4 is 5.32 Å². The molecule has 0 aliphatic rings. The fourth-order valence-corrected chi connectivity index (χ4v) is 2.72. The molecule has 3 nitrogen and oxygen atoms in total. The van der Waals surface area contributed by atoms with E-state index in [9.17, 15) is 0 Å². The second kappa shape index (κ2) is 6.33. The number of nitrogens with one attached hydrogen (secondary N) is 1.